The van der Waals surface area contributed by atoms with Gasteiger partial charge < -0.3 is 10.5 Å². The molecule has 0 radical (unpaired) electrons. The number of carbonyl (C=O) groups is 2. The first kappa shape index (κ1) is 17.2. The molecule has 20 heavy (non-hydrogen) atoms. The third kappa shape index (κ3) is 4.58. The highest BCUT2D eigenvalue weighted by atomic mass is 16.5. The molecule has 0 aromatic carbocycles. The zero-order valence-corrected chi connectivity index (χ0v) is 13.3. The Kier molecular flexibility index (Phi) is 6.18. The van der Waals surface area contributed by atoms with Crippen LogP contribution in [0, 0.1) is 17.3 Å². The van der Waals surface area contributed by atoms with E-state index >= 15 is 0 Å². The van der Waals surface area contributed by atoms with Crippen LogP contribution in [0.3, 0.4) is 0 Å². The lowest BCUT2D eigenvalue weighted by Gasteiger charge is -2.31. The summed E-state index contributed by atoms with van der Waals surface area (Å²) in [5.74, 6) is -0.451. The second kappa shape index (κ2) is 7.21. The predicted octanol–water partition coefficient (Wildman–Crippen LogP) is 2.69. The number of carbonyl (C=O) groups excluding carboxylic acids is 2. The van der Waals surface area contributed by atoms with Crippen LogP contribution in [0.2, 0.25) is 0 Å². The van der Waals surface area contributed by atoms with Crippen molar-refractivity contribution in [2.24, 2.45) is 23.0 Å². The van der Waals surface area contributed by atoms with E-state index in [0.717, 1.165) is 25.7 Å². The van der Waals surface area contributed by atoms with Gasteiger partial charge in [-0.25, -0.2) is 0 Å². The Balaban J connectivity index is 2.67. The first-order valence-electron chi connectivity index (χ1n) is 7.63. The Morgan fingerprint density at radius 2 is 1.75 bits per heavy atom. The minimum atomic E-state index is -0.426. The molecule has 0 spiro atoms. The molecule has 0 amide bonds. The van der Waals surface area contributed by atoms with Crippen molar-refractivity contribution in [3.8, 4) is 0 Å². The molecule has 0 aromatic rings. The summed E-state index contributed by atoms with van der Waals surface area (Å²) in [5, 5.41) is 0. The lowest BCUT2D eigenvalue weighted by Crippen LogP contribution is -2.42. The Morgan fingerprint density at radius 3 is 2.20 bits per heavy atom. The van der Waals surface area contributed by atoms with Crippen molar-refractivity contribution in [2.75, 3.05) is 7.11 Å². The number of ketones is 1. The first-order valence-corrected chi connectivity index (χ1v) is 7.63. The number of hydrogen-bond acceptors (Lipinski definition) is 4. The largest absolute Gasteiger partial charge is 0.469 e. The number of methoxy groups -OCH3 is 1. The maximum Gasteiger partial charge on any atom is 0.309 e. The second-order valence-electron chi connectivity index (χ2n) is 7.04. The van der Waals surface area contributed by atoms with Gasteiger partial charge in [0.2, 0.25) is 0 Å². The summed E-state index contributed by atoms with van der Waals surface area (Å²) >= 11 is 0. The molecule has 1 rings (SSSR count). The average molecular weight is 283 g/mol. The standard InChI is InChI=1S/C16H29NO3/c1-16(2,3)12(15(19)20-4)10-13(18)14(17)11-8-6-5-7-9-11/h11-12,14H,5-10,17H2,1-4H3/t12-,14+/m1/s1. The fourth-order valence-electron chi connectivity index (χ4n) is 2.98. The summed E-state index contributed by atoms with van der Waals surface area (Å²) in [4.78, 5) is 24.3. The van der Waals surface area contributed by atoms with Crippen molar-refractivity contribution in [3.63, 3.8) is 0 Å². The molecule has 0 aliphatic heterocycles. The maximum absolute atomic E-state index is 12.4. The SMILES string of the molecule is COC(=O)[C@@H](CC(=O)[C@@H](N)C1CCCCC1)C(C)(C)C. The second-order valence-corrected chi connectivity index (χ2v) is 7.04. The summed E-state index contributed by atoms with van der Waals surface area (Å²) in [6, 6.07) is -0.426. The minimum Gasteiger partial charge on any atom is -0.469 e. The molecule has 2 atom stereocenters. The number of hydrogen-bond donors (Lipinski definition) is 1. The van der Waals surface area contributed by atoms with Gasteiger partial charge in [0.25, 0.3) is 0 Å². The van der Waals surface area contributed by atoms with E-state index in [0.29, 0.717) is 0 Å². The molecule has 1 fully saturated rings. The van der Waals surface area contributed by atoms with Gasteiger partial charge in [-0.3, -0.25) is 9.59 Å². The highest BCUT2D eigenvalue weighted by molar-refractivity contribution is 5.88. The van der Waals surface area contributed by atoms with Gasteiger partial charge in [0.15, 0.2) is 5.78 Å². The van der Waals surface area contributed by atoms with Crippen molar-refractivity contribution in [1.82, 2.24) is 0 Å². The minimum absolute atomic E-state index is 0.00206. The van der Waals surface area contributed by atoms with Crippen molar-refractivity contribution in [3.05, 3.63) is 0 Å². The fourth-order valence-corrected chi connectivity index (χ4v) is 2.98. The topological polar surface area (TPSA) is 69.4 Å². The number of esters is 1. The highest BCUT2D eigenvalue weighted by Crippen LogP contribution is 2.32. The Labute approximate surface area is 122 Å². The van der Waals surface area contributed by atoms with Crippen LogP contribution in [-0.2, 0) is 14.3 Å². The summed E-state index contributed by atoms with van der Waals surface area (Å²) < 4.78 is 4.83. The molecular weight excluding hydrogens is 254 g/mol. The van der Waals surface area contributed by atoms with Gasteiger partial charge in [0.05, 0.1) is 19.1 Å². The van der Waals surface area contributed by atoms with Crippen molar-refractivity contribution in [1.29, 1.82) is 0 Å². The van der Waals surface area contributed by atoms with E-state index in [-0.39, 0.29) is 29.5 Å². The smallest absolute Gasteiger partial charge is 0.309 e. The van der Waals surface area contributed by atoms with Gasteiger partial charge in [-0.1, -0.05) is 40.0 Å². The van der Waals surface area contributed by atoms with Gasteiger partial charge in [0.1, 0.15) is 0 Å². The zero-order chi connectivity index (χ0) is 15.3. The molecule has 0 saturated heterocycles. The molecule has 0 bridgehead atoms. The van der Waals surface area contributed by atoms with Gasteiger partial charge in [-0.05, 0) is 24.2 Å². The number of ether oxygens (including phenoxy) is 1. The molecular formula is C16H29NO3. The predicted molar refractivity (Wildman–Crippen MR) is 79.1 cm³/mol. The van der Waals surface area contributed by atoms with Crippen LogP contribution >= 0.6 is 0 Å². The Hall–Kier alpha value is -0.900. The van der Waals surface area contributed by atoms with E-state index in [4.69, 9.17) is 10.5 Å². The molecule has 2 N–H and O–H groups in total. The van der Waals surface area contributed by atoms with Gasteiger partial charge in [0, 0.05) is 6.42 Å². The summed E-state index contributed by atoms with van der Waals surface area (Å²) in [7, 11) is 1.37. The van der Waals surface area contributed by atoms with Crippen LogP contribution in [-0.4, -0.2) is 24.9 Å². The summed E-state index contributed by atoms with van der Waals surface area (Å²) in [5.41, 5.74) is 5.83. The van der Waals surface area contributed by atoms with Gasteiger partial charge in [-0.15, -0.1) is 0 Å². The first-order chi connectivity index (χ1) is 9.27. The van der Waals surface area contributed by atoms with Crippen LogP contribution in [0.4, 0.5) is 0 Å². The number of rotatable bonds is 5. The van der Waals surface area contributed by atoms with Crippen LogP contribution in [0.5, 0.6) is 0 Å². The van der Waals surface area contributed by atoms with E-state index in [2.05, 4.69) is 0 Å². The molecule has 1 aliphatic rings. The third-order valence-electron chi connectivity index (χ3n) is 4.47. The molecule has 0 heterocycles. The van der Waals surface area contributed by atoms with E-state index in [1.807, 2.05) is 20.8 Å². The molecule has 1 aliphatic carbocycles. The summed E-state index contributed by atoms with van der Waals surface area (Å²) in [6.45, 7) is 5.86. The monoisotopic (exact) mass is 283 g/mol. The Morgan fingerprint density at radius 1 is 1.20 bits per heavy atom. The molecule has 116 valence electrons. The number of nitrogens with two attached hydrogens (primary N) is 1. The highest BCUT2D eigenvalue weighted by Gasteiger charge is 2.36. The van der Waals surface area contributed by atoms with Crippen molar-refractivity contribution >= 4 is 11.8 Å². The van der Waals surface area contributed by atoms with Crippen LogP contribution in [0.1, 0.15) is 59.3 Å². The average Bonchev–Trinajstić information content (AvgIpc) is 2.42. The molecule has 0 unspecified atom stereocenters. The van der Waals surface area contributed by atoms with Crippen LogP contribution in [0.25, 0.3) is 0 Å². The van der Waals surface area contributed by atoms with Gasteiger partial charge >= 0.3 is 5.97 Å². The van der Waals surface area contributed by atoms with E-state index in [9.17, 15) is 9.59 Å². The van der Waals surface area contributed by atoms with E-state index < -0.39 is 12.0 Å². The fraction of sp³-hybridized carbons (Fsp3) is 0.875. The molecule has 0 aromatic heterocycles. The van der Waals surface area contributed by atoms with Crippen molar-refractivity contribution < 1.29 is 14.3 Å². The molecule has 1 saturated carbocycles. The molecule has 4 heteroatoms. The van der Waals surface area contributed by atoms with Crippen LogP contribution < -0.4 is 5.73 Å². The zero-order valence-electron chi connectivity index (χ0n) is 13.3. The number of Topliss-reactive ketones (excluding diaryl/α,β-unsaturated/α-hetero) is 1. The third-order valence-corrected chi connectivity index (χ3v) is 4.47. The normalized spacial score (nSPS) is 20.2. The van der Waals surface area contributed by atoms with Gasteiger partial charge in [-0.2, -0.15) is 0 Å². The molecule has 4 nitrogen and oxygen atoms in total. The quantitative estimate of drug-likeness (QED) is 0.788. The van der Waals surface area contributed by atoms with E-state index in [1.54, 1.807) is 0 Å². The van der Waals surface area contributed by atoms with E-state index in [1.165, 1.54) is 13.5 Å². The van der Waals surface area contributed by atoms with Crippen LogP contribution in [0.15, 0.2) is 0 Å². The maximum atomic E-state index is 12.4. The lowest BCUT2D eigenvalue weighted by molar-refractivity contribution is -0.151. The lowest BCUT2D eigenvalue weighted by atomic mass is 9.75. The van der Waals surface area contributed by atoms with Crippen molar-refractivity contribution in [2.45, 2.75) is 65.3 Å². The Bertz CT molecular complexity index is 340. The summed E-state index contributed by atoms with van der Waals surface area (Å²) in [6.07, 6.45) is 5.81.